The van der Waals surface area contributed by atoms with Crippen molar-refractivity contribution in [3.8, 4) is 0 Å². The first-order valence-electron chi connectivity index (χ1n) is 22.6. The minimum atomic E-state index is -0.452. The predicted molar refractivity (Wildman–Crippen MR) is 224 cm³/mol. The van der Waals surface area contributed by atoms with E-state index in [4.69, 9.17) is 0 Å². The molecule has 296 valence electrons. The highest BCUT2D eigenvalue weighted by molar-refractivity contribution is 5.29. The molecule has 0 aromatic heterocycles. The quantitative estimate of drug-likeness (QED) is 0.0763. The molecule has 0 aromatic carbocycles. The van der Waals surface area contributed by atoms with Crippen molar-refractivity contribution in [3.63, 3.8) is 0 Å². The zero-order chi connectivity index (χ0) is 37.7. The predicted octanol–water partition coefficient (Wildman–Crippen LogP) is 15.5. The normalized spacial score (nSPS) is 23.5. The molecule has 0 heterocycles. The summed E-state index contributed by atoms with van der Waals surface area (Å²) in [5.74, 6) is 0.105. The summed E-state index contributed by atoms with van der Waals surface area (Å²) in [6.07, 6.45) is 37.0. The maximum Gasteiger partial charge on any atom is 0.0627 e. The van der Waals surface area contributed by atoms with Gasteiger partial charge in [-0.2, -0.15) is 0 Å². The molecule has 0 saturated heterocycles. The van der Waals surface area contributed by atoms with Crippen molar-refractivity contribution in [2.24, 2.45) is 27.6 Å². The molecule has 0 spiro atoms. The van der Waals surface area contributed by atoms with E-state index in [2.05, 4.69) is 88.3 Å². The highest BCUT2D eigenvalue weighted by Crippen LogP contribution is 2.71. The Morgan fingerprint density at radius 2 is 1.10 bits per heavy atom. The third-order valence-corrected chi connectivity index (χ3v) is 14.5. The van der Waals surface area contributed by atoms with Gasteiger partial charge < -0.3 is 10.2 Å². The molecule has 50 heavy (non-hydrogen) atoms. The largest absolute Gasteiger partial charge is 0.393 e. The van der Waals surface area contributed by atoms with Gasteiger partial charge in [-0.3, -0.25) is 0 Å². The highest BCUT2D eigenvalue weighted by atomic mass is 16.3. The van der Waals surface area contributed by atoms with E-state index in [1.54, 1.807) is 5.57 Å². The van der Waals surface area contributed by atoms with E-state index in [0.717, 1.165) is 0 Å². The lowest BCUT2D eigenvalue weighted by Crippen LogP contribution is -2.58. The molecule has 0 aliphatic heterocycles. The molecule has 1 aliphatic carbocycles. The number of allylic oxidation sites excluding steroid dienone is 3. The fourth-order valence-electron chi connectivity index (χ4n) is 11.1. The zero-order valence-electron chi connectivity index (χ0n) is 36.2. The number of hydrogen-bond donors (Lipinski definition) is 2. The van der Waals surface area contributed by atoms with Crippen molar-refractivity contribution in [1.29, 1.82) is 0 Å². The van der Waals surface area contributed by atoms with Gasteiger partial charge in [0, 0.05) is 12.3 Å². The van der Waals surface area contributed by atoms with Crippen LogP contribution in [0.1, 0.15) is 243 Å². The molecule has 2 nitrogen and oxygen atoms in total. The molecule has 0 bridgehead atoms. The van der Waals surface area contributed by atoms with Crippen LogP contribution in [0.4, 0.5) is 0 Å². The maximum absolute atomic E-state index is 10.8. The molecule has 1 unspecified atom stereocenters. The van der Waals surface area contributed by atoms with Gasteiger partial charge in [-0.05, 0) is 73.5 Å². The molecule has 1 saturated carbocycles. The van der Waals surface area contributed by atoms with Crippen LogP contribution < -0.4 is 0 Å². The van der Waals surface area contributed by atoms with Gasteiger partial charge in [0.1, 0.15) is 0 Å². The van der Waals surface area contributed by atoms with Crippen LogP contribution in [-0.4, -0.2) is 22.4 Å². The number of unbranched alkanes of at least 4 members (excludes halogenated alkanes) is 13. The Balaban J connectivity index is 4.03. The summed E-state index contributed by atoms with van der Waals surface area (Å²) in [4.78, 5) is 0. The second-order valence-corrected chi connectivity index (χ2v) is 18.1. The molecule has 0 aromatic rings. The Labute approximate surface area is 315 Å². The molecule has 1 rings (SSSR count). The first-order chi connectivity index (χ1) is 23.8. The van der Waals surface area contributed by atoms with Crippen molar-refractivity contribution in [2.75, 3.05) is 0 Å². The van der Waals surface area contributed by atoms with Crippen LogP contribution in [0.3, 0.4) is 0 Å². The van der Waals surface area contributed by atoms with Gasteiger partial charge in [-0.25, -0.2) is 0 Å². The molecule has 6 atom stereocenters. The van der Waals surface area contributed by atoms with Crippen molar-refractivity contribution < 1.29 is 10.2 Å². The first-order valence-corrected chi connectivity index (χ1v) is 22.6. The SMILES string of the molecule is CCCCCCCCC(C)(C)[C@](CCCCCC)(CCCCCCC)[C@](C)(CCCC)[C@](CC)(CCC)/C(C)=C/C=C1\C[C@@H](O)C[C@H](O)C1C. The Bertz CT molecular complexity index is 930. The van der Waals surface area contributed by atoms with Crippen LogP contribution in [0.5, 0.6) is 0 Å². The van der Waals surface area contributed by atoms with Crippen LogP contribution in [0.25, 0.3) is 0 Å². The van der Waals surface area contributed by atoms with E-state index in [1.807, 2.05) is 0 Å². The van der Waals surface area contributed by atoms with Crippen LogP contribution in [0.2, 0.25) is 0 Å². The molecule has 2 heteroatoms. The van der Waals surface area contributed by atoms with E-state index in [-0.39, 0.29) is 27.6 Å². The van der Waals surface area contributed by atoms with E-state index in [9.17, 15) is 10.2 Å². The Kier molecular flexibility index (Phi) is 23.4. The second-order valence-electron chi connectivity index (χ2n) is 18.1. The molecule has 1 fully saturated rings. The Morgan fingerprint density at radius 3 is 1.60 bits per heavy atom. The van der Waals surface area contributed by atoms with Crippen molar-refractivity contribution in [2.45, 2.75) is 255 Å². The summed E-state index contributed by atoms with van der Waals surface area (Å²) in [7, 11) is 0. The minimum absolute atomic E-state index is 0.0929. The van der Waals surface area contributed by atoms with Gasteiger partial charge in [0.15, 0.2) is 0 Å². The lowest BCUT2D eigenvalue weighted by Gasteiger charge is -2.66. The third kappa shape index (κ3) is 12.8. The van der Waals surface area contributed by atoms with E-state index in [0.29, 0.717) is 12.8 Å². The van der Waals surface area contributed by atoms with Gasteiger partial charge in [-0.15, -0.1) is 0 Å². The first kappa shape index (κ1) is 47.4. The Hall–Kier alpha value is -0.600. The fourth-order valence-corrected chi connectivity index (χ4v) is 11.1. The average molecular weight is 701 g/mol. The lowest BCUT2D eigenvalue weighted by molar-refractivity contribution is -0.155. The summed E-state index contributed by atoms with van der Waals surface area (Å²) in [5.41, 5.74) is 3.51. The fraction of sp³-hybridized carbons (Fsp3) is 0.917. The van der Waals surface area contributed by atoms with E-state index < -0.39 is 12.2 Å². The minimum Gasteiger partial charge on any atom is -0.393 e. The summed E-state index contributed by atoms with van der Waals surface area (Å²) >= 11 is 0. The van der Waals surface area contributed by atoms with Gasteiger partial charge >= 0.3 is 0 Å². The van der Waals surface area contributed by atoms with Gasteiger partial charge in [-0.1, -0.05) is 208 Å². The average Bonchev–Trinajstić information content (AvgIpc) is 3.09. The lowest BCUT2D eigenvalue weighted by atomic mass is 9.38. The maximum atomic E-state index is 10.8. The number of aliphatic hydroxyl groups is 2. The molecule has 0 radical (unpaired) electrons. The van der Waals surface area contributed by atoms with Crippen LogP contribution >= 0.6 is 0 Å². The van der Waals surface area contributed by atoms with Crippen molar-refractivity contribution in [3.05, 3.63) is 23.3 Å². The molecule has 0 amide bonds. The smallest absolute Gasteiger partial charge is 0.0627 e. The summed E-state index contributed by atoms with van der Waals surface area (Å²) in [6.45, 7) is 27.3. The van der Waals surface area contributed by atoms with E-state index >= 15 is 0 Å². The van der Waals surface area contributed by atoms with Crippen LogP contribution in [0.15, 0.2) is 23.3 Å². The molecule has 1 aliphatic rings. The topological polar surface area (TPSA) is 40.5 Å². The molecule has 2 N–H and O–H groups in total. The van der Waals surface area contributed by atoms with Gasteiger partial charge in [0.05, 0.1) is 12.2 Å². The Morgan fingerprint density at radius 1 is 0.620 bits per heavy atom. The zero-order valence-corrected chi connectivity index (χ0v) is 36.2. The standard InChI is InChI=1S/C48H92O2/c1-12-18-22-25-27-28-34-45(9,10)48(36-29-24-20-14-3,37-30-26-23-19-13-2)46(11,35-21-15-4)47(17-6,33-16-5)40(7)31-32-42-38-43(49)39-44(50)41(42)8/h31-32,41,43-44,49-50H,12-30,33-39H2,1-11H3/b40-31+,42-32+/t41?,43-,44+,46-,47-,48+/m1/s1. The van der Waals surface area contributed by atoms with Crippen LogP contribution in [-0.2, 0) is 0 Å². The van der Waals surface area contributed by atoms with Gasteiger partial charge in [0.2, 0.25) is 0 Å². The number of rotatable bonds is 29. The monoisotopic (exact) mass is 701 g/mol. The second kappa shape index (κ2) is 24.7. The highest BCUT2D eigenvalue weighted by Gasteiger charge is 2.62. The summed E-state index contributed by atoms with van der Waals surface area (Å²) < 4.78 is 0. The van der Waals surface area contributed by atoms with E-state index in [1.165, 1.54) is 160 Å². The summed E-state index contributed by atoms with van der Waals surface area (Å²) in [6, 6.07) is 0. The van der Waals surface area contributed by atoms with Crippen LogP contribution in [0, 0.1) is 27.6 Å². The molecular weight excluding hydrogens is 609 g/mol. The summed E-state index contributed by atoms with van der Waals surface area (Å²) in [5, 5.41) is 21.4. The van der Waals surface area contributed by atoms with Gasteiger partial charge in [0.25, 0.3) is 0 Å². The third-order valence-electron chi connectivity index (χ3n) is 14.5. The number of aliphatic hydroxyl groups excluding tert-OH is 2. The van der Waals surface area contributed by atoms with Crippen molar-refractivity contribution >= 4 is 0 Å². The molecular formula is C48H92O2. The number of hydrogen-bond acceptors (Lipinski definition) is 2. The van der Waals surface area contributed by atoms with Crippen molar-refractivity contribution in [1.82, 2.24) is 0 Å².